The predicted molar refractivity (Wildman–Crippen MR) is 96.6 cm³/mol. The van der Waals surface area contributed by atoms with E-state index in [1.54, 1.807) is 29.7 Å². The third kappa shape index (κ3) is 7.85. The van der Waals surface area contributed by atoms with E-state index in [-0.39, 0.29) is 32.1 Å². The van der Waals surface area contributed by atoms with Gasteiger partial charge in [0.05, 0.1) is 18.6 Å². The zero-order valence-corrected chi connectivity index (χ0v) is 15.3. The number of amides is 2. The molecule has 1 aromatic carbocycles. The molecule has 0 bridgehead atoms. The van der Waals surface area contributed by atoms with Crippen molar-refractivity contribution < 1.29 is 24.3 Å². The SMILES string of the molecule is C#CCC(CC(COCOCC)NC(=O)c1ccc(Cl)cc1)C(=O)NO. The Balaban J connectivity index is 2.78. The molecule has 3 N–H and O–H groups in total. The first-order chi connectivity index (χ1) is 12.5. The lowest BCUT2D eigenvalue weighted by molar-refractivity contribution is -0.133. The summed E-state index contributed by atoms with van der Waals surface area (Å²) in [5.74, 6) is 0.771. The van der Waals surface area contributed by atoms with Crippen molar-refractivity contribution in [1.82, 2.24) is 10.8 Å². The fourth-order valence-corrected chi connectivity index (χ4v) is 2.36. The van der Waals surface area contributed by atoms with Crippen LogP contribution in [0, 0.1) is 18.3 Å². The van der Waals surface area contributed by atoms with Gasteiger partial charge in [0.2, 0.25) is 5.91 Å². The standard InChI is InChI=1S/C18H23ClN2O5/c1-3-5-14(18(23)21-24)10-16(11-26-12-25-4-2)20-17(22)13-6-8-15(19)9-7-13/h1,6-9,14,16,24H,4-5,10-12H2,2H3,(H,20,22)(H,21,23). The summed E-state index contributed by atoms with van der Waals surface area (Å²) >= 11 is 5.82. The number of hydroxylamine groups is 1. The van der Waals surface area contributed by atoms with Crippen molar-refractivity contribution in [1.29, 1.82) is 0 Å². The molecule has 0 aliphatic heterocycles. The number of nitrogens with one attached hydrogen (secondary N) is 2. The van der Waals surface area contributed by atoms with Gasteiger partial charge in [-0.1, -0.05) is 11.6 Å². The van der Waals surface area contributed by atoms with Crippen molar-refractivity contribution in [2.75, 3.05) is 20.0 Å². The van der Waals surface area contributed by atoms with Crippen LogP contribution in [0.4, 0.5) is 0 Å². The van der Waals surface area contributed by atoms with E-state index in [4.69, 9.17) is 32.7 Å². The zero-order valence-electron chi connectivity index (χ0n) is 14.5. The quantitative estimate of drug-likeness (QED) is 0.179. The minimum Gasteiger partial charge on any atom is -0.356 e. The average Bonchev–Trinajstić information content (AvgIpc) is 2.64. The van der Waals surface area contributed by atoms with E-state index >= 15 is 0 Å². The highest BCUT2D eigenvalue weighted by Gasteiger charge is 2.24. The fraction of sp³-hybridized carbons (Fsp3) is 0.444. The largest absolute Gasteiger partial charge is 0.356 e. The molecule has 2 unspecified atom stereocenters. The number of hydrogen-bond acceptors (Lipinski definition) is 5. The summed E-state index contributed by atoms with van der Waals surface area (Å²) in [6.07, 6.45) is 5.59. The molecule has 1 rings (SSSR count). The van der Waals surface area contributed by atoms with Crippen LogP contribution in [-0.4, -0.2) is 43.1 Å². The van der Waals surface area contributed by atoms with Gasteiger partial charge < -0.3 is 14.8 Å². The third-order valence-electron chi connectivity index (χ3n) is 3.55. The molecule has 142 valence electrons. The highest BCUT2D eigenvalue weighted by molar-refractivity contribution is 6.30. The smallest absolute Gasteiger partial charge is 0.251 e. The number of ether oxygens (including phenoxy) is 2. The molecule has 0 saturated heterocycles. The van der Waals surface area contributed by atoms with Gasteiger partial charge >= 0.3 is 0 Å². The predicted octanol–water partition coefficient (Wildman–Crippen LogP) is 1.98. The van der Waals surface area contributed by atoms with Crippen LogP contribution in [0.1, 0.15) is 30.1 Å². The van der Waals surface area contributed by atoms with E-state index in [0.29, 0.717) is 17.2 Å². The number of hydrogen-bond donors (Lipinski definition) is 3. The Labute approximate surface area is 158 Å². The summed E-state index contributed by atoms with van der Waals surface area (Å²) in [7, 11) is 0. The number of terminal acetylenes is 1. The van der Waals surface area contributed by atoms with Crippen LogP contribution in [0.3, 0.4) is 0 Å². The molecule has 0 saturated carbocycles. The number of benzene rings is 1. The molecular formula is C18H23ClN2O5. The summed E-state index contributed by atoms with van der Waals surface area (Å²) in [6.45, 7) is 2.51. The Bertz CT molecular complexity index is 615. The minimum absolute atomic E-state index is 0.0653. The Morgan fingerprint density at radius 1 is 1.31 bits per heavy atom. The van der Waals surface area contributed by atoms with Crippen LogP contribution >= 0.6 is 11.6 Å². The molecule has 0 aromatic heterocycles. The average molecular weight is 383 g/mol. The Hall–Kier alpha value is -2.11. The lowest BCUT2D eigenvalue weighted by Crippen LogP contribution is -2.42. The van der Waals surface area contributed by atoms with Gasteiger partial charge in [-0.2, -0.15) is 0 Å². The second kappa shape index (κ2) is 12.3. The van der Waals surface area contributed by atoms with Gasteiger partial charge in [-0.15, -0.1) is 12.3 Å². The molecule has 0 heterocycles. The zero-order chi connectivity index (χ0) is 19.4. The monoisotopic (exact) mass is 382 g/mol. The highest BCUT2D eigenvalue weighted by atomic mass is 35.5. The van der Waals surface area contributed by atoms with Gasteiger partial charge in [0.15, 0.2) is 0 Å². The maximum absolute atomic E-state index is 12.4. The summed E-state index contributed by atoms with van der Waals surface area (Å²) in [5.41, 5.74) is 2.02. The summed E-state index contributed by atoms with van der Waals surface area (Å²) in [4.78, 5) is 24.2. The molecule has 1 aromatic rings. The van der Waals surface area contributed by atoms with Crippen LogP contribution < -0.4 is 10.8 Å². The molecule has 7 nitrogen and oxygen atoms in total. The number of carbonyl (C=O) groups is 2. The third-order valence-corrected chi connectivity index (χ3v) is 3.80. The normalized spacial score (nSPS) is 12.7. The van der Waals surface area contributed by atoms with Crippen molar-refractivity contribution in [3.63, 3.8) is 0 Å². The number of carbonyl (C=O) groups excluding carboxylic acids is 2. The number of halogens is 1. The van der Waals surface area contributed by atoms with Gasteiger partial charge in [0, 0.05) is 23.6 Å². The van der Waals surface area contributed by atoms with Gasteiger partial charge in [0.25, 0.3) is 5.91 Å². The van der Waals surface area contributed by atoms with Crippen LogP contribution in [-0.2, 0) is 14.3 Å². The maximum atomic E-state index is 12.4. The van der Waals surface area contributed by atoms with E-state index in [0.717, 1.165) is 0 Å². The van der Waals surface area contributed by atoms with E-state index in [1.807, 2.05) is 6.92 Å². The first-order valence-electron chi connectivity index (χ1n) is 8.11. The molecule has 0 fully saturated rings. The van der Waals surface area contributed by atoms with Crippen LogP contribution in [0.5, 0.6) is 0 Å². The topological polar surface area (TPSA) is 96.9 Å². The molecular weight excluding hydrogens is 360 g/mol. The minimum atomic E-state index is -0.670. The lowest BCUT2D eigenvalue weighted by atomic mass is 9.96. The second-order valence-corrected chi connectivity index (χ2v) is 5.91. The summed E-state index contributed by atoms with van der Waals surface area (Å²) in [6, 6.07) is 5.90. The van der Waals surface area contributed by atoms with Crippen molar-refractivity contribution in [3.8, 4) is 12.3 Å². The van der Waals surface area contributed by atoms with Crippen molar-refractivity contribution in [2.24, 2.45) is 5.92 Å². The molecule has 0 aliphatic carbocycles. The Morgan fingerprint density at radius 2 is 2.00 bits per heavy atom. The van der Waals surface area contributed by atoms with Crippen LogP contribution in [0.25, 0.3) is 0 Å². The van der Waals surface area contributed by atoms with E-state index in [2.05, 4.69) is 11.2 Å². The first-order valence-corrected chi connectivity index (χ1v) is 8.48. The Morgan fingerprint density at radius 3 is 2.58 bits per heavy atom. The van der Waals surface area contributed by atoms with Gasteiger partial charge in [-0.3, -0.25) is 14.8 Å². The molecule has 26 heavy (non-hydrogen) atoms. The van der Waals surface area contributed by atoms with Gasteiger partial charge in [-0.05, 0) is 37.6 Å². The fourth-order valence-electron chi connectivity index (χ4n) is 2.23. The van der Waals surface area contributed by atoms with E-state index < -0.39 is 17.9 Å². The van der Waals surface area contributed by atoms with Crippen LogP contribution in [0.2, 0.25) is 5.02 Å². The summed E-state index contributed by atoms with van der Waals surface area (Å²) < 4.78 is 10.5. The molecule has 2 amide bonds. The van der Waals surface area contributed by atoms with Crippen molar-refractivity contribution in [3.05, 3.63) is 34.9 Å². The first kappa shape index (κ1) is 21.9. The second-order valence-electron chi connectivity index (χ2n) is 5.48. The van der Waals surface area contributed by atoms with Crippen molar-refractivity contribution >= 4 is 23.4 Å². The van der Waals surface area contributed by atoms with Crippen molar-refractivity contribution in [2.45, 2.75) is 25.8 Å². The van der Waals surface area contributed by atoms with E-state index in [9.17, 15) is 9.59 Å². The lowest BCUT2D eigenvalue weighted by Gasteiger charge is -2.22. The van der Waals surface area contributed by atoms with Gasteiger partial charge in [0.1, 0.15) is 6.79 Å². The van der Waals surface area contributed by atoms with Gasteiger partial charge in [-0.25, -0.2) is 5.48 Å². The summed E-state index contributed by atoms with van der Waals surface area (Å²) in [5, 5.41) is 12.2. The van der Waals surface area contributed by atoms with Crippen LogP contribution in [0.15, 0.2) is 24.3 Å². The molecule has 0 aliphatic rings. The molecule has 2 atom stereocenters. The molecule has 0 radical (unpaired) electrons. The molecule has 0 spiro atoms. The number of rotatable bonds is 11. The highest BCUT2D eigenvalue weighted by Crippen LogP contribution is 2.14. The molecule has 8 heteroatoms. The maximum Gasteiger partial charge on any atom is 0.251 e. The van der Waals surface area contributed by atoms with E-state index in [1.165, 1.54) is 0 Å². The Kier molecular flexibility index (Phi) is 10.4.